The van der Waals surface area contributed by atoms with Crippen LogP contribution in [-0.4, -0.2) is 31.6 Å². The van der Waals surface area contributed by atoms with Crippen molar-refractivity contribution in [3.05, 3.63) is 59.8 Å². The molecule has 140 valence electrons. The summed E-state index contributed by atoms with van der Waals surface area (Å²) in [6, 6.07) is 8.47. The molecule has 4 rings (SSSR count). The number of rotatable bonds is 4. The minimum atomic E-state index is -0.404. The van der Waals surface area contributed by atoms with Crippen molar-refractivity contribution in [3.8, 4) is 0 Å². The Labute approximate surface area is 157 Å². The average Bonchev–Trinajstić information content (AvgIpc) is 3.11. The zero-order chi connectivity index (χ0) is 18.8. The predicted molar refractivity (Wildman–Crippen MR) is 102 cm³/mol. The van der Waals surface area contributed by atoms with Crippen LogP contribution in [-0.2, 0) is 13.6 Å². The van der Waals surface area contributed by atoms with Crippen molar-refractivity contribution in [2.75, 3.05) is 0 Å². The Morgan fingerprint density at radius 3 is 2.78 bits per heavy atom. The van der Waals surface area contributed by atoms with E-state index in [-0.39, 0.29) is 17.5 Å². The third-order valence-corrected chi connectivity index (χ3v) is 5.28. The van der Waals surface area contributed by atoms with Gasteiger partial charge >= 0.3 is 0 Å². The van der Waals surface area contributed by atoms with E-state index in [4.69, 9.17) is 0 Å². The first kappa shape index (κ1) is 17.6. The molecule has 0 saturated heterocycles. The van der Waals surface area contributed by atoms with Gasteiger partial charge in [-0.25, -0.2) is 9.37 Å². The number of hydrogen-bond donors (Lipinski definition) is 0. The van der Waals surface area contributed by atoms with Gasteiger partial charge in [-0.05, 0) is 25.0 Å². The number of aromatic nitrogens is 3. The van der Waals surface area contributed by atoms with Crippen LogP contribution >= 0.6 is 0 Å². The van der Waals surface area contributed by atoms with E-state index in [1.165, 1.54) is 12.5 Å². The second-order valence-corrected chi connectivity index (χ2v) is 7.26. The summed E-state index contributed by atoms with van der Waals surface area (Å²) in [6.45, 7) is 0.494. The van der Waals surface area contributed by atoms with Gasteiger partial charge in [-0.15, -0.1) is 0 Å². The highest BCUT2D eigenvalue weighted by Crippen LogP contribution is 2.26. The molecule has 0 spiro atoms. The minimum Gasteiger partial charge on any atom is -0.330 e. The quantitative estimate of drug-likeness (QED) is 0.699. The van der Waals surface area contributed by atoms with Gasteiger partial charge in [-0.1, -0.05) is 37.5 Å². The van der Waals surface area contributed by atoms with E-state index < -0.39 is 5.82 Å². The second-order valence-electron chi connectivity index (χ2n) is 7.26. The highest BCUT2D eigenvalue weighted by molar-refractivity contribution is 5.95. The number of benzene rings is 1. The molecule has 1 aliphatic carbocycles. The number of aryl methyl sites for hydroxylation is 1. The molecule has 0 N–H and O–H groups in total. The van der Waals surface area contributed by atoms with E-state index >= 15 is 0 Å². The number of halogens is 1. The molecular weight excluding hydrogens is 343 g/mol. The molecule has 0 aliphatic heterocycles. The van der Waals surface area contributed by atoms with Crippen LogP contribution in [0.3, 0.4) is 0 Å². The largest absolute Gasteiger partial charge is 0.330 e. The summed E-state index contributed by atoms with van der Waals surface area (Å²) >= 11 is 0. The summed E-state index contributed by atoms with van der Waals surface area (Å²) < 4.78 is 15.9. The minimum absolute atomic E-state index is 0.143. The van der Waals surface area contributed by atoms with E-state index in [9.17, 15) is 9.18 Å². The van der Waals surface area contributed by atoms with E-state index in [0.29, 0.717) is 17.6 Å². The number of fused-ring (bicyclic) bond motifs is 1. The summed E-state index contributed by atoms with van der Waals surface area (Å²) in [4.78, 5) is 19.6. The van der Waals surface area contributed by atoms with Crippen LogP contribution in [0.4, 0.5) is 4.39 Å². The molecule has 6 heteroatoms. The van der Waals surface area contributed by atoms with Crippen LogP contribution in [0.1, 0.15) is 48.2 Å². The van der Waals surface area contributed by atoms with Crippen LogP contribution in [0.25, 0.3) is 10.9 Å². The lowest BCUT2D eigenvalue weighted by atomic mass is 9.93. The number of para-hydroxylation sites is 1. The first-order valence-electron chi connectivity index (χ1n) is 9.45. The van der Waals surface area contributed by atoms with Crippen molar-refractivity contribution in [2.45, 2.75) is 44.7 Å². The van der Waals surface area contributed by atoms with Gasteiger partial charge in [0.25, 0.3) is 5.91 Å². The fraction of sp³-hybridized carbons (Fsp3) is 0.381. The molecule has 1 aromatic carbocycles. The average molecular weight is 366 g/mol. The Morgan fingerprint density at radius 1 is 1.22 bits per heavy atom. The number of hydrogen-bond acceptors (Lipinski definition) is 3. The molecule has 2 aromatic heterocycles. The highest BCUT2D eigenvalue weighted by atomic mass is 19.1. The van der Waals surface area contributed by atoms with E-state index in [1.54, 1.807) is 35.1 Å². The SMILES string of the molecule is Cn1cc(CN(C(=O)c2ccc3cccc(F)c3n2)C2CCCCC2)cn1. The standard InChI is InChI=1S/C21H23FN4O/c1-25-13-15(12-23-25)14-26(17-7-3-2-4-8-17)21(27)19-11-10-16-6-5-9-18(22)20(16)24-19/h5-6,9-13,17H,2-4,7-8,14H2,1H3. The first-order valence-corrected chi connectivity index (χ1v) is 9.45. The smallest absolute Gasteiger partial charge is 0.273 e. The Balaban J connectivity index is 1.67. The van der Waals surface area contributed by atoms with Crippen LogP contribution in [0, 0.1) is 5.82 Å². The van der Waals surface area contributed by atoms with Crippen LogP contribution in [0.5, 0.6) is 0 Å². The van der Waals surface area contributed by atoms with Gasteiger partial charge in [0.2, 0.25) is 0 Å². The molecule has 27 heavy (non-hydrogen) atoms. The molecule has 0 atom stereocenters. The molecular formula is C21H23FN4O. The lowest BCUT2D eigenvalue weighted by molar-refractivity contribution is 0.0608. The van der Waals surface area contributed by atoms with Crippen LogP contribution < -0.4 is 0 Å². The van der Waals surface area contributed by atoms with Gasteiger partial charge in [-0.3, -0.25) is 9.48 Å². The van der Waals surface area contributed by atoms with Crippen molar-refractivity contribution in [1.29, 1.82) is 0 Å². The topological polar surface area (TPSA) is 51.0 Å². The Bertz CT molecular complexity index is 962. The molecule has 2 heterocycles. The lowest BCUT2D eigenvalue weighted by Crippen LogP contribution is -2.41. The van der Waals surface area contributed by atoms with Crippen molar-refractivity contribution < 1.29 is 9.18 Å². The van der Waals surface area contributed by atoms with Crippen molar-refractivity contribution in [2.24, 2.45) is 7.05 Å². The maximum absolute atomic E-state index is 14.1. The van der Waals surface area contributed by atoms with E-state index in [2.05, 4.69) is 10.1 Å². The number of amides is 1. The number of pyridine rings is 1. The highest BCUT2D eigenvalue weighted by Gasteiger charge is 2.27. The second kappa shape index (κ2) is 7.47. The summed E-state index contributed by atoms with van der Waals surface area (Å²) in [6.07, 6.45) is 9.17. The van der Waals surface area contributed by atoms with Crippen LogP contribution in [0.15, 0.2) is 42.7 Å². The molecule has 1 saturated carbocycles. The molecule has 5 nitrogen and oxygen atoms in total. The van der Waals surface area contributed by atoms with Crippen molar-refractivity contribution in [1.82, 2.24) is 19.7 Å². The van der Waals surface area contributed by atoms with Gasteiger partial charge in [0.05, 0.1) is 6.20 Å². The van der Waals surface area contributed by atoms with Crippen molar-refractivity contribution in [3.63, 3.8) is 0 Å². The maximum Gasteiger partial charge on any atom is 0.273 e. The molecule has 1 aliphatic rings. The van der Waals surface area contributed by atoms with Crippen LogP contribution in [0.2, 0.25) is 0 Å². The molecule has 1 amide bonds. The Hall–Kier alpha value is -2.76. The Kier molecular flexibility index (Phi) is 4.88. The van der Waals surface area contributed by atoms with Gasteiger partial charge in [0, 0.05) is 36.8 Å². The summed E-state index contributed by atoms with van der Waals surface area (Å²) in [7, 11) is 1.87. The summed E-state index contributed by atoms with van der Waals surface area (Å²) in [5.74, 6) is -0.547. The third kappa shape index (κ3) is 3.70. The summed E-state index contributed by atoms with van der Waals surface area (Å²) in [5.41, 5.74) is 1.53. The lowest BCUT2D eigenvalue weighted by Gasteiger charge is -2.34. The zero-order valence-electron chi connectivity index (χ0n) is 15.4. The molecule has 0 unspecified atom stereocenters. The summed E-state index contributed by atoms with van der Waals surface area (Å²) in [5, 5.41) is 4.91. The van der Waals surface area contributed by atoms with Gasteiger partial charge < -0.3 is 4.90 Å². The predicted octanol–water partition coefficient (Wildman–Crippen LogP) is 4.08. The van der Waals surface area contributed by atoms with E-state index in [0.717, 1.165) is 31.2 Å². The van der Waals surface area contributed by atoms with Crippen molar-refractivity contribution >= 4 is 16.8 Å². The fourth-order valence-electron chi connectivity index (χ4n) is 3.89. The number of nitrogens with zero attached hydrogens (tertiary/aromatic N) is 4. The van der Waals surface area contributed by atoms with E-state index in [1.807, 2.05) is 18.1 Å². The van der Waals surface area contributed by atoms with Gasteiger partial charge in [-0.2, -0.15) is 5.10 Å². The van der Waals surface area contributed by atoms with Gasteiger partial charge in [0.1, 0.15) is 17.0 Å². The number of carbonyl (C=O) groups is 1. The molecule has 0 bridgehead atoms. The maximum atomic E-state index is 14.1. The Morgan fingerprint density at radius 2 is 2.04 bits per heavy atom. The number of carbonyl (C=O) groups excluding carboxylic acids is 1. The molecule has 0 radical (unpaired) electrons. The first-order chi connectivity index (χ1) is 13.1. The third-order valence-electron chi connectivity index (χ3n) is 5.28. The molecule has 3 aromatic rings. The normalized spacial score (nSPS) is 15.2. The zero-order valence-corrected chi connectivity index (χ0v) is 15.4. The fourth-order valence-corrected chi connectivity index (χ4v) is 3.89. The van der Waals surface area contributed by atoms with Gasteiger partial charge in [0.15, 0.2) is 0 Å². The molecule has 1 fully saturated rings. The monoisotopic (exact) mass is 366 g/mol.